The van der Waals surface area contributed by atoms with Gasteiger partial charge in [0, 0.05) is 16.5 Å². The molecular formula is C13H12N4O2S3. The Morgan fingerprint density at radius 3 is 3.05 bits per heavy atom. The number of nitrogens with one attached hydrogen (secondary N) is 2. The maximum absolute atomic E-state index is 12.5. The van der Waals surface area contributed by atoms with Crippen LogP contribution in [0.3, 0.4) is 0 Å². The van der Waals surface area contributed by atoms with Gasteiger partial charge in [0.25, 0.3) is 5.56 Å². The molecule has 3 heterocycles. The maximum atomic E-state index is 12.5. The molecule has 0 radical (unpaired) electrons. The number of thiophene rings is 1. The van der Waals surface area contributed by atoms with Crippen molar-refractivity contribution in [1.29, 1.82) is 0 Å². The van der Waals surface area contributed by atoms with Gasteiger partial charge in [-0.2, -0.15) is 0 Å². The predicted octanol–water partition coefficient (Wildman–Crippen LogP) is 2.78. The molecular weight excluding hydrogens is 340 g/mol. The van der Waals surface area contributed by atoms with Crippen molar-refractivity contribution in [3.63, 3.8) is 0 Å². The van der Waals surface area contributed by atoms with E-state index < -0.39 is 0 Å². The number of carbonyl (C=O) groups excluding carboxylic acids is 1. The van der Waals surface area contributed by atoms with E-state index in [0.29, 0.717) is 10.5 Å². The van der Waals surface area contributed by atoms with Crippen LogP contribution >= 0.6 is 34.9 Å². The quantitative estimate of drug-likeness (QED) is 0.708. The molecule has 0 spiro atoms. The second-order valence-electron chi connectivity index (χ2n) is 4.52. The van der Waals surface area contributed by atoms with Crippen molar-refractivity contribution in [2.24, 2.45) is 0 Å². The first-order valence-electron chi connectivity index (χ1n) is 6.53. The van der Waals surface area contributed by atoms with Gasteiger partial charge in [0.1, 0.15) is 11.4 Å². The molecule has 3 aromatic heterocycles. The largest absolute Gasteiger partial charge is 0.323 e. The van der Waals surface area contributed by atoms with Crippen molar-refractivity contribution < 1.29 is 4.79 Å². The summed E-state index contributed by atoms with van der Waals surface area (Å²) in [5.74, 6) is -0.332. The molecule has 0 aliphatic carbocycles. The minimum Gasteiger partial charge on any atom is -0.323 e. The summed E-state index contributed by atoms with van der Waals surface area (Å²) in [7, 11) is 0. The molecule has 0 aromatic carbocycles. The average Bonchev–Trinajstić information content (AvgIpc) is 3.12. The van der Waals surface area contributed by atoms with Gasteiger partial charge in [-0.25, -0.2) is 4.98 Å². The summed E-state index contributed by atoms with van der Waals surface area (Å²) in [5, 5.41) is 5.47. The first-order valence-corrected chi connectivity index (χ1v) is 8.63. The number of rotatable bonds is 4. The number of amides is 1. The summed E-state index contributed by atoms with van der Waals surface area (Å²) < 4.78 is 1.52. The lowest BCUT2D eigenvalue weighted by atomic mass is 10.3. The highest BCUT2D eigenvalue weighted by Gasteiger charge is 2.12. The van der Waals surface area contributed by atoms with Crippen LogP contribution in [0.25, 0.3) is 10.2 Å². The second kappa shape index (κ2) is 6.11. The molecule has 0 saturated heterocycles. The van der Waals surface area contributed by atoms with E-state index in [-0.39, 0.29) is 22.8 Å². The maximum Gasteiger partial charge on any atom is 0.263 e. The van der Waals surface area contributed by atoms with E-state index in [9.17, 15) is 9.59 Å². The molecule has 6 nitrogen and oxygen atoms in total. The first-order chi connectivity index (χ1) is 10.6. The van der Waals surface area contributed by atoms with Gasteiger partial charge < -0.3 is 10.3 Å². The number of nitrogens with zero attached hydrogens (tertiary/aromatic N) is 2. The standard InChI is InChI=1S/C13H12N4O2S3/c1-2-7-5-8-10(22-7)16-13(20)17(11(8)19)6-9(18)15-12-14-3-4-21-12/h3-5H,2,6H2,1H3,(H,16,20)(H,14,15,18). The predicted molar refractivity (Wildman–Crippen MR) is 91.4 cm³/mol. The van der Waals surface area contributed by atoms with Crippen LogP contribution in [-0.2, 0) is 17.8 Å². The summed E-state index contributed by atoms with van der Waals surface area (Å²) >= 11 is 8.03. The van der Waals surface area contributed by atoms with Gasteiger partial charge in [0.15, 0.2) is 9.90 Å². The van der Waals surface area contributed by atoms with Crippen LogP contribution in [0.2, 0.25) is 0 Å². The van der Waals surface area contributed by atoms with Gasteiger partial charge in [-0.15, -0.1) is 22.7 Å². The highest BCUT2D eigenvalue weighted by atomic mass is 32.1. The van der Waals surface area contributed by atoms with Crippen LogP contribution in [-0.4, -0.2) is 20.4 Å². The SMILES string of the molecule is CCc1cc2c(=O)n(CC(=O)Nc3nccs3)c(=S)[nH]c2s1. The number of hydrogen-bond acceptors (Lipinski definition) is 6. The Morgan fingerprint density at radius 2 is 2.36 bits per heavy atom. The van der Waals surface area contributed by atoms with Crippen LogP contribution in [0.15, 0.2) is 22.4 Å². The van der Waals surface area contributed by atoms with Gasteiger partial charge in [0.05, 0.1) is 5.39 Å². The van der Waals surface area contributed by atoms with E-state index in [4.69, 9.17) is 12.2 Å². The molecule has 114 valence electrons. The Hall–Kier alpha value is -1.84. The number of carbonyl (C=O) groups is 1. The molecule has 1 amide bonds. The van der Waals surface area contributed by atoms with Crippen molar-refractivity contribution in [2.45, 2.75) is 19.9 Å². The number of anilines is 1. The Balaban J connectivity index is 1.95. The van der Waals surface area contributed by atoms with Crippen LogP contribution in [0, 0.1) is 4.77 Å². The molecule has 0 aliphatic heterocycles. The number of aromatic amines is 1. The molecule has 0 bridgehead atoms. The van der Waals surface area contributed by atoms with E-state index in [1.165, 1.54) is 27.2 Å². The summed E-state index contributed by atoms with van der Waals surface area (Å²) in [6, 6.07) is 1.85. The van der Waals surface area contributed by atoms with Crippen LogP contribution in [0.5, 0.6) is 0 Å². The lowest BCUT2D eigenvalue weighted by molar-refractivity contribution is -0.116. The fourth-order valence-corrected chi connectivity index (χ4v) is 3.85. The highest BCUT2D eigenvalue weighted by Crippen LogP contribution is 2.21. The van der Waals surface area contributed by atoms with Crippen LogP contribution in [0.4, 0.5) is 5.13 Å². The zero-order chi connectivity index (χ0) is 15.7. The molecule has 22 heavy (non-hydrogen) atoms. The zero-order valence-corrected chi connectivity index (χ0v) is 14.0. The van der Waals surface area contributed by atoms with Gasteiger partial charge in [-0.1, -0.05) is 6.92 Å². The molecule has 3 aromatic rings. The summed E-state index contributed by atoms with van der Waals surface area (Å²) in [5.41, 5.74) is -0.246. The normalized spacial score (nSPS) is 11.0. The van der Waals surface area contributed by atoms with Crippen molar-refractivity contribution in [3.05, 3.63) is 37.6 Å². The lowest BCUT2D eigenvalue weighted by Crippen LogP contribution is -2.28. The summed E-state index contributed by atoms with van der Waals surface area (Å²) in [6.07, 6.45) is 2.45. The van der Waals surface area contributed by atoms with Gasteiger partial charge >= 0.3 is 0 Å². The highest BCUT2D eigenvalue weighted by molar-refractivity contribution is 7.71. The Morgan fingerprint density at radius 1 is 1.55 bits per heavy atom. The molecule has 0 aliphatic rings. The second-order valence-corrected chi connectivity index (χ2v) is 6.93. The molecule has 9 heteroatoms. The number of H-pyrrole nitrogens is 1. The number of aromatic nitrogens is 3. The molecule has 2 N–H and O–H groups in total. The fraction of sp³-hybridized carbons (Fsp3) is 0.231. The van der Waals surface area contributed by atoms with Crippen LogP contribution < -0.4 is 10.9 Å². The molecule has 0 fully saturated rings. The topological polar surface area (TPSA) is 79.8 Å². The Bertz CT molecular complexity index is 936. The van der Waals surface area contributed by atoms with E-state index in [0.717, 1.165) is 16.1 Å². The number of fused-ring (bicyclic) bond motifs is 1. The summed E-state index contributed by atoms with van der Waals surface area (Å²) in [4.78, 5) is 33.4. The third-order valence-corrected chi connectivity index (χ3v) is 5.26. The zero-order valence-electron chi connectivity index (χ0n) is 11.6. The van der Waals surface area contributed by atoms with E-state index in [2.05, 4.69) is 15.3 Å². The molecule has 0 unspecified atom stereocenters. The molecule has 3 rings (SSSR count). The minimum atomic E-state index is -0.332. The number of aryl methyl sites for hydroxylation is 1. The smallest absolute Gasteiger partial charge is 0.263 e. The monoisotopic (exact) mass is 352 g/mol. The minimum absolute atomic E-state index is 0.138. The van der Waals surface area contributed by atoms with Gasteiger partial charge in [0.2, 0.25) is 5.91 Å². The van der Waals surface area contributed by atoms with Gasteiger partial charge in [-0.3, -0.25) is 14.2 Å². The van der Waals surface area contributed by atoms with Crippen molar-refractivity contribution in [2.75, 3.05) is 5.32 Å². The lowest BCUT2D eigenvalue weighted by Gasteiger charge is -2.06. The van der Waals surface area contributed by atoms with E-state index >= 15 is 0 Å². The fourth-order valence-electron chi connectivity index (χ4n) is 2.00. The third kappa shape index (κ3) is 2.87. The third-order valence-electron chi connectivity index (χ3n) is 3.05. The van der Waals surface area contributed by atoms with Crippen molar-refractivity contribution in [3.8, 4) is 0 Å². The Kier molecular flexibility index (Phi) is 4.19. The Labute approximate surface area is 138 Å². The molecule has 0 atom stereocenters. The van der Waals surface area contributed by atoms with Crippen molar-refractivity contribution >= 4 is 56.1 Å². The average molecular weight is 352 g/mol. The first kappa shape index (κ1) is 15.1. The van der Waals surface area contributed by atoms with Gasteiger partial charge in [-0.05, 0) is 24.7 Å². The van der Waals surface area contributed by atoms with Crippen molar-refractivity contribution in [1.82, 2.24) is 14.5 Å². The van der Waals surface area contributed by atoms with Crippen LogP contribution in [0.1, 0.15) is 11.8 Å². The number of hydrogen-bond donors (Lipinski definition) is 2. The summed E-state index contributed by atoms with van der Waals surface area (Å²) in [6.45, 7) is 1.89. The number of thiazole rings is 1. The van der Waals surface area contributed by atoms with E-state index in [1.807, 2.05) is 13.0 Å². The van der Waals surface area contributed by atoms with E-state index in [1.54, 1.807) is 11.6 Å². The molecule has 0 saturated carbocycles.